The Morgan fingerprint density at radius 2 is 2.05 bits per heavy atom. The zero-order valence-corrected chi connectivity index (χ0v) is 12.1. The van der Waals surface area contributed by atoms with Crippen LogP contribution in [0.25, 0.3) is 0 Å². The van der Waals surface area contributed by atoms with Gasteiger partial charge in [-0.3, -0.25) is 10.1 Å². The van der Waals surface area contributed by atoms with E-state index >= 15 is 0 Å². The maximum absolute atomic E-state index is 12.4. The summed E-state index contributed by atoms with van der Waals surface area (Å²) in [7, 11) is -3.68. The van der Waals surface area contributed by atoms with Crippen LogP contribution < -0.4 is 10.5 Å². The van der Waals surface area contributed by atoms with E-state index in [1.807, 2.05) is 0 Å². The van der Waals surface area contributed by atoms with Crippen LogP contribution in [-0.4, -0.2) is 23.6 Å². The predicted molar refractivity (Wildman–Crippen MR) is 74.2 cm³/mol. The van der Waals surface area contributed by atoms with E-state index in [-0.39, 0.29) is 17.5 Å². The highest BCUT2D eigenvalue weighted by atomic mass is 32.2. The molecule has 8 heteroatoms. The Morgan fingerprint density at radius 1 is 1.40 bits per heavy atom. The highest BCUT2D eigenvalue weighted by Gasteiger charge is 2.25. The van der Waals surface area contributed by atoms with Crippen molar-refractivity contribution in [1.29, 1.82) is 0 Å². The van der Waals surface area contributed by atoms with Gasteiger partial charge in [-0.05, 0) is 31.5 Å². The van der Waals surface area contributed by atoms with Crippen LogP contribution in [0.5, 0.6) is 0 Å². The first kappa shape index (κ1) is 14.6. The zero-order valence-electron chi connectivity index (χ0n) is 11.3. The second-order valence-electron chi connectivity index (χ2n) is 4.45. The minimum atomic E-state index is -3.68. The number of pyridine rings is 1. The number of H-pyrrole nitrogens is 1. The predicted octanol–water partition coefficient (Wildman–Crippen LogP) is 0.611. The normalized spacial score (nSPS) is 13.3. The molecule has 0 bridgehead atoms. The molecule has 2 rings (SSSR count). The number of aryl methyl sites for hydroxylation is 1. The van der Waals surface area contributed by atoms with Gasteiger partial charge in [0.1, 0.15) is 4.90 Å². The molecule has 0 aliphatic heterocycles. The van der Waals surface area contributed by atoms with Crippen LogP contribution in [0, 0.1) is 6.92 Å². The average Bonchev–Trinajstić information content (AvgIpc) is 2.81. The topological polar surface area (TPSA) is 114 Å². The second kappa shape index (κ2) is 5.70. The van der Waals surface area contributed by atoms with Gasteiger partial charge in [-0.2, -0.15) is 5.10 Å². The summed E-state index contributed by atoms with van der Waals surface area (Å²) in [6.07, 6.45) is 3.24. The summed E-state index contributed by atoms with van der Waals surface area (Å²) in [5, 5.41) is 6.55. The third-order valence-corrected chi connectivity index (χ3v) is 4.70. The molecule has 0 amide bonds. The Hall–Kier alpha value is -1.77. The highest BCUT2D eigenvalue weighted by molar-refractivity contribution is 7.89. The number of hydrogen-bond donors (Lipinski definition) is 3. The molecule has 0 radical (unpaired) electrons. The third-order valence-electron chi connectivity index (χ3n) is 2.96. The van der Waals surface area contributed by atoms with Gasteiger partial charge < -0.3 is 5.73 Å². The first-order valence-electron chi connectivity index (χ1n) is 6.12. The highest BCUT2D eigenvalue weighted by Crippen LogP contribution is 2.20. The quantitative estimate of drug-likeness (QED) is 0.748. The van der Waals surface area contributed by atoms with E-state index < -0.39 is 10.0 Å². The molecule has 4 N–H and O–H groups in total. The largest absolute Gasteiger partial charge is 0.325 e. The molecule has 0 saturated heterocycles. The molecule has 0 aromatic carbocycles. The molecule has 108 valence electrons. The fourth-order valence-electron chi connectivity index (χ4n) is 1.98. The van der Waals surface area contributed by atoms with E-state index in [9.17, 15) is 8.42 Å². The summed E-state index contributed by atoms with van der Waals surface area (Å²) in [4.78, 5) is 4.03. The summed E-state index contributed by atoms with van der Waals surface area (Å²) in [5.74, 6) is 0. The van der Waals surface area contributed by atoms with Gasteiger partial charge in [-0.1, -0.05) is 0 Å². The van der Waals surface area contributed by atoms with Crippen molar-refractivity contribution >= 4 is 10.0 Å². The number of nitrogens with two attached hydrogens (primary N) is 1. The fourth-order valence-corrected chi connectivity index (χ4v) is 3.58. The van der Waals surface area contributed by atoms with E-state index in [1.165, 1.54) is 0 Å². The van der Waals surface area contributed by atoms with Crippen molar-refractivity contribution in [2.75, 3.05) is 0 Å². The maximum atomic E-state index is 12.4. The van der Waals surface area contributed by atoms with Gasteiger partial charge >= 0.3 is 0 Å². The molecule has 2 heterocycles. The molecular formula is C12H17N5O2S. The van der Waals surface area contributed by atoms with Crippen molar-refractivity contribution in [3.63, 3.8) is 0 Å². The second-order valence-corrected chi connectivity index (χ2v) is 6.10. The van der Waals surface area contributed by atoms with E-state index in [1.54, 1.807) is 38.4 Å². The van der Waals surface area contributed by atoms with Crippen LogP contribution in [0.1, 0.15) is 29.9 Å². The molecule has 2 aromatic rings. The Balaban J connectivity index is 2.30. The van der Waals surface area contributed by atoms with Gasteiger partial charge in [0.25, 0.3) is 0 Å². The van der Waals surface area contributed by atoms with Crippen molar-refractivity contribution in [1.82, 2.24) is 19.9 Å². The molecule has 0 spiro atoms. The van der Waals surface area contributed by atoms with Crippen molar-refractivity contribution in [3.8, 4) is 0 Å². The van der Waals surface area contributed by atoms with Crippen LogP contribution in [0.4, 0.5) is 0 Å². The summed E-state index contributed by atoms with van der Waals surface area (Å²) in [6.45, 7) is 3.48. The van der Waals surface area contributed by atoms with Crippen LogP contribution in [0.15, 0.2) is 29.4 Å². The minimum Gasteiger partial charge on any atom is -0.325 e. The van der Waals surface area contributed by atoms with E-state index in [0.29, 0.717) is 11.4 Å². The SMILES string of the molecule is Cc1[nH]nc(CN)c1S(=O)(=O)NC(C)c1ccncc1. The molecule has 0 saturated carbocycles. The van der Waals surface area contributed by atoms with Crippen LogP contribution >= 0.6 is 0 Å². The summed E-state index contributed by atoms with van der Waals surface area (Å²) >= 11 is 0. The number of sulfonamides is 1. The molecular weight excluding hydrogens is 278 g/mol. The average molecular weight is 295 g/mol. The van der Waals surface area contributed by atoms with Gasteiger partial charge in [0.15, 0.2) is 0 Å². The molecule has 0 aliphatic rings. The lowest BCUT2D eigenvalue weighted by Gasteiger charge is -2.14. The summed E-state index contributed by atoms with van der Waals surface area (Å²) in [5.41, 5.74) is 7.15. The molecule has 2 aromatic heterocycles. The van der Waals surface area contributed by atoms with E-state index in [0.717, 1.165) is 5.56 Å². The van der Waals surface area contributed by atoms with Gasteiger partial charge in [-0.25, -0.2) is 13.1 Å². The van der Waals surface area contributed by atoms with Crippen molar-refractivity contribution in [2.45, 2.75) is 31.3 Å². The molecule has 0 aliphatic carbocycles. The minimum absolute atomic E-state index is 0.0597. The first-order valence-corrected chi connectivity index (χ1v) is 7.60. The van der Waals surface area contributed by atoms with Gasteiger partial charge in [0, 0.05) is 25.0 Å². The van der Waals surface area contributed by atoms with Crippen LogP contribution in [0.3, 0.4) is 0 Å². The van der Waals surface area contributed by atoms with E-state index in [2.05, 4.69) is 19.9 Å². The van der Waals surface area contributed by atoms with Crippen LogP contribution in [0.2, 0.25) is 0 Å². The molecule has 7 nitrogen and oxygen atoms in total. The van der Waals surface area contributed by atoms with Gasteiger partial charge in [0.2, 0.25) is 10.0 Å². The lowest BCUT2D eigenvalue weighted by Crippen LogP contribution is -2.28. The summed E-state index contributed by atoms with van der Waals surface area (Å²) in [6, 6.07) is 3.15. The Morgan fingerprint density at radius 3 is 2.65 bits per heavy atom. The molecule has 0 fully saturated rings. The zero-order chi connectivity index (χ0) is 14.8. The Bertz CT molecular complexity index is 681. The number of aromatic nitrogens is 3. The third kappa shape index (κ3) is 2.87. The molecule has 20 heavy (non-hydrogen) atoms. The molecule has 1 atom stereocenters. The standard InChI is InChI=1S/C12H17N5O2S/c1-8(10-3-5-14-6-4-10)17-20(18,19)12-9(2)15-16-11(12)7-13/h3-6,8,17H,7,13H2,1-2H3,(H,15,16). The first-order chi connectivity index (χ1) is 9.45. The number of hydrogen-bond acceptors (Lipinski definition) is 5. The number of nitrogens with one attached hydrogen (secondary N) is 2. The van der Waals surface area contributed by atoms with E-state index in [4.69, 9.17) is 5.73 Å². The van der Waals surface area contributed by atoms with Gasteiger partial charge in [0.05, 0.1) is 11.4 Å². The van der Waals surface area contributed by atoms with Crippen LogP contribution in [-0.2, 0) is 16.6 Å². The molecule has 1 unspecified atom stereocenters. The van der Waals surface area contributed by atoms with Gasteiger partial charge in [-0.15, -0.1) is 0 Å². The Kier molecular flexibility index (Phi) is 4.17. The maximum Gasteiger partial charge on any atom is 0.244 e. The number of rotatable bonds is 5. The summed E-state index contributed by atoms with van der Waals surface area (Å²) < 4.78 is 27.5. The van der Waals surface area contributed by atoms with Crippen molar-refractivity contribution in [3.05, 3.63) is 41.5 Å². The number of aromatic amines is 1. The number of nitrogens with zero attached hydrogens (tertiary/aromatic N) is 2. The lowest BCUT2D eigenvalue weighted by atomic mass is 10.1. The van der Waals surface area contributed by atoms with Crippen molar-refractivity contribution < 1.29 is 8.42 Å². The smallest absolute Gasteiger partial charge is 0.244 e. The lowest BCUT2D eigenvalue weighted by molar-refractivity contribution is 0.565. The monoisotopic (exact) mass is 295 g/mol. The van der Waals surface area contributed by atoms with Crippen molar-refractivity contribution in [2.24, 2.45) is 5.73 Å². The Labute approximate surface area is 117 Å². The fraction of sp³-hybridized carbons (Fsp3) is 0.333.